The molecule has 94 valence electrons. The average molecular weight is 242 g/mol. The van der Waals surface area contributed by atoms with Gasteiger partial charge in [-0.15, -0.1) is 10.2 Å². The first kappa shape index (κ1) is 11.4. The molecule has 0 spiro atoms. The summed E-state index contributed by atoms with van der Waals surface area (Å²) in [7, 11) is 0. The van der Waals surface area contributed by atoms with Crippen LogP contribution in [0.3, 0.4) is 0 Å². The first-order valence-electron chi connectivity index (χ1n) is 6.48. The van der Waals surface area contributed by atoms with Crippen LogP contribution in [0.4, 0.5) is 0 Å². The second kappa shape index (κ2) is 4.53. The summed E-state index contributed by atoms with van der Waals surface area (Å²) in [6.45, 7) is 6.32. The number of aromatic nitrogens is 3. The standard InChI is InChI=1S/C14H18N4/c1-10(2)14-17-16-9-18(14)13-4-3-11-5-6-15-8-12(11)7-13/h3-4,7,9-10,15H,5-6,8H2,1-2H3. The molecule has 0 saturated carbocycles. The summed E-state index contributed by atoms with van der Waals surface area (Å²) in [5.74, 6) is 1.39. The summed E-state index contributed by atoms with van der Waals surface area (Å²) in [5, 5.41) is 11.6. The van der Waals surface area contributed by atoms with Crippen molar-refractivity contribution in [1.82, 2.24) is 20.1 Å². The number of hydrogen-bond acceptors (Lipinski definition) is 3. The van der Waals surface area contributed by atoms with Gasteiger partial charge in [0.2, 0.25) is 0 Å². The fourth-order valence-electron chi connectivity index (χ4n) is 2.45. The molecule has 4 heteroatoms. The van der Waals surface area contributed by atoms with Crippen molar-refractivity contribution in [2.24, 2.45) is 0 Å². The molecule has 2 aromatic rings. The minimum Gasteiger partial charge on any atom is -0.312 e. The van der Waals surface area contributed by atoms with Crippen LogP contribution >= 0.6 is 0 Å². The summed E-state index contributed by atoms with van der Waals surface area (Å²) in [6.07, 6.45) is 2.92. The van der Waals surface area contributed by atoms with Crippen LogP contribution in [0, 0.1) is 0 Å². The molecule has 1 aromatic carbocycles. The molecule has 1 N–H and O–H groups in total. The highest BCUT2D eigenvalue weighted by molar-refractivity contribution is 5.42. The molecule has 0 unspecified atom stereocenters. The van der Waals surface area contributed by atoms with E-state index in [1.807, 2.05) is 0 Å². The molecule has 0 aliphatic carbocycles. The van der Waals surface area contributed by atoms with Crippen molar-refractivity contribution in [2.75, 3.05) is 6.54 Å². The Balaban J connectivity index is 2.04. The Hall–Kier alpha value is -1.68. The predicted molar refractivity (Wildman–Crippen MR) is 70.9 cm³/mol. The molecule has 0 amide bonds. The van der Waals surface area contributed by atoms with E-state index in [9.17, 15) is 0 Å². The van der Waals surface area contributed by atoms with Crippen molar-refractivity contribution in [2.45, 2.75) is 32.7 Å². The molecule has 0 atom stereocenters. The average Bonchev–Trinajstić information content (AvgIpc) is 2.87. The quantitative estimate of drug-likeness (QED) is 0.876. The third-order valence-corrected chi connectivity index (χ3v) is 3.45. The van der Waals surface area contributed by atoms with E-state index in [0.29, 0.717) is 5.92 Å². The van der Waals surface area contributed by atoms with Crippen LogP contribution in [-0.2, 0) is 13.0 Å². The number of nitrogens with zero attached hydrogens (tertiary/aromatic N) is 3. The van der Waals surface area contributed by atoms with E-state index in [2.05, 4.69) is 52.1 Å². The Morgan fingerprint density at radius 3 is 3.00 bits per heavy atom. The largest absolute Gasteiger partial charge is 0.312 e. The molecule has 0 bridgehead atoms. The normalized spacial score (nSPS) is 14.8. The summed E-state index contributed by atoms with van der Waals surface area (Å²) in [4.78, 5) is 0. The Bertz CT molecular complexity index is 557. The van der Waals surface area contributed by atoms with Gasteiger partial charge in [0.15, 0.2) is 0 Å². The fraction of sp³-hybridized carbons (Fsp3) is 0.429. The first-order valence-corrected chi connectivity index (χ1v) is 6.48. The molecular weight excluding hydrogens is 224 g/mol. The van der Waals surface area contributed by atoms with Crippen molar-refractivity contribution in [3.63, 3.8) is 0 Å². The van der Waals surface area contributed by atoms with Gasteiger partial charge in [-0.25, -0.2) is 0 Å². The van der Waals surface area contributed by atoms with Gasteiger partial charge in [0, 0.05) is 18.2 Å². The van der Waals surface area contributed by atoms with E-state index in [-0.39, 0.29) is 0 Å². The molecule has 1 aromatic heterocycles. The molecule has 0 saturated heterocycles. The lowest BCUT2D eigenvalue weighted by Gasteiger charge is -2.18. The molecular formula is C14H18N4. The van der Waals surface area contributed by atoms with E-state index in [1.54, 1.807) is 6.33 Å². The second-order valence-corrected chi connectivity index (χ2v) is 5.09. The van der Waals surface area contributed by atoms with Gasteiger partial charge in [-0.1, -0.05) is 19.9 Å². The van der Waals surface area contributed by atoms with Gasteiger partial charge < -0.3 is 5.32 Å². The zero-order chi connectivity index (χ0) is 12.5. The summed E-state index contributed by atoms with van der Waals surface area (Å²) < 4.78 is 2.08. The molecule has 4 nitrogen and oxygen atoms in total. The van der Waals surface area contributed by atoms with Crippen LogP contribution in [-0.4, -0.2) is 21.3 Å². The predicted octanol–water partition coefficient (Wildman–Crippen LogP) is 2.04. The van der Waals surface area contributed by atoms with Gasteiger partial charge in [-0.3, -0.25) is 4.57 Å². The van der Waals surface area contributed by atoms with Gasteiger partial charge in [0.1, 0.15) is 12.2 Å². The zero-order valence-electron chi connectivity index (χ0n) is 10.8. The lowest BCUT2D eigenvalue weighted by atomic mass is 10.0. The second-order valence-electron chi connectivity index (χ2n) is 5.09. The Kier molecular flexibility index (Phi) is 2.88. The van der Waals surface area contributed by atoms with E-state index >= 15 is 0 Å². The highest BCUT2D eigenvalue weighted by Crippen LogP contribution is 2.21. The minimum atomic E-state index is 0.377. The lowest BCUT2D eigenvalue weighted by Crippen LogP contribution is -2.23. The van der Waals surface area contributed by atoms with Crippen LogP contribution in [0.2, 0.25) is 0 Å². The molecule has 1 aliphatic heterocycles. The lowest BCUT2D eigenvalue weighted by molar-refractivity contribution is 0.642. The van der Waals surface area contributed by atoms with Crippen LogP contribution in [0.25, 0.3) is 5.69 Å². The number of hydrogen-bond donors (Lipinski definition) is 1. The number of rotatable bonds is 2. The molecule has 18 heavy (non-hydrogen) atoms. The van der Waals surface area contributed by atoms with Gasteiger partial charge in [0.05, 0.1) is 0 Å². The Morgan fingerprint density at radius 1 is 1.28 bits per heavy atom. The van der Waals surface area contributed by atoms with E-state index in [0.717, 1.165) is 31.0 Å². The maximum absolute atomic E-state index is 4.20. The SMILES string of the molecule is CC(C)c1nncn1-c1ccc2c(c1)CNCC2. The van der Waals surface area contributed by atoms with Crippen molar-refractivity contribution in [1.29, 1.82) is 0 Å². The third kappa shape index (κ3) is 1.93. The van der Waals surface area contributed by atoms with E-state index in [4.69, 9.17) is 0 Å². The molecule has 0 radical (unpaired) electrons. The van der Waals surface area contributed by atoms with Crippen molar-refractivity contribution >= 4 is 0 Å². The number of benzene rings is 1. The maximum atomic E-state index is 4.20. The van der Waals surface area contributed by atoms with E-state index < -0.39 is 0 Å². The summed E-state index contributed by atoms with van der Waals surface area (Å²) >= 11 is 0. The van der Waals surface area contributed by atoms with Crippen molar-refractivity contribution < 1.29 is 0 Å². The maximum Gasteiger partial charge on any atom is 0.139 e. The minimum absolute atomic E-state index is 0.377. The molecule has 2 heterocycles. The summed E-state index contributed by atoms with van der Waals surface area (Å²) in [6, 6.07) is 6.64. The fourth-order valence-corrected chi connectivity index (χ4v) is 2.45. The monoisotopic (exact) mass is 242 g/mol. The van der Waals surface area contributed by atoms with Crippen LogP contribution in [0.1, 0.15) is 36.7 Å². The number of fused-ring (bicyclic) bond motifs is 1. The van der Waals surface area contributed by atoms with Gasteiger partial charge in [0.25, 0.3) is 0 Å². The third-order valence-electron chi connectivity index (χ3n) is 3.45. The Morgan fingerprint density at radius 2 is 2.17 bits per heavy atom. The molecule has 0 fully saturated rings. The van der Waals surface area contributed by atoms with Crippen LogP contribution in [0.5, 0.6) is 0 Å². The van der Waals surface area contributed by atoms with Gasteiger partial charge in [-0.05, 0) is 36.2 Å². The molecule has 1 aliphatic rings. The van der Waals surface area contributed by atoms with Crippen LogP contribution in [0.15, 0.2) is 24.5 Å². The van der Waals surface area contributed by atoms with Crippen molar-refractivity contribution in [3.8, 4) is 5.69 Å². The highest BCUT2D eigenvalue weighted by atomic mass is 15.3. The van der Waals surface area contributed by atoms with Gasteiger partial charge in [-0.2, -0.15) is 0 Å². The number of nitrogens with one attached hydrogen (secondary N) is 1. The first-order chi connectivity index (χ1) is 8.75. The molecule has 3 rings (SSSR count). The van der Waals surface area contributed by atoms with Crippen LogP contribution < -0.4 is 5.32 Å². The Labute approximate surface area is 107 Å². The van der Waals surface area contributed by atoms with Gasteiger partial charge >= 0.3 is 0 Å². The smallest absolute Gasteiger partial charge is 0.139 e. The zero-order valence-corrected chi connectivity index (χ0v) is 10.8. The topological polar surface area (TPSA) is 42.7 Å². The summed E-state index contributed by atoms with van der Waals surface area (Å²) in [5.41, 5.74) is 4.00. The van der Waals surface area contributed by atoms with E-state index in [1.165, 1.54) is 11.1 Å². The van der Waals surface area contributed by atoms with Crippen molar-refractivity contribution in [3.05, 3.63) is 41.5 Å². The highest BCUT2D eigenvalue weighted by Gasteiger charge is 2.13.